The molecule has 0 aliphatic heterocycles. The fourth-order valence-corrected chi connectivity index (χ4v) is 5.17. The summed E-state index contributed by atoms with van der Waals surface area (Å²) >= 11 is 18.6. The Morgan fingerprint density at radius 1 is 1.06 bits per heavy atom. The van der Waals surface area contributed by atoms with E-state index >= 15 is 0 Å². The van der Waals surface area contributed by atoms with Gasteiger partial charge in [-0.2, -0.15) is 0 Å². The summed E-state index contributed by atoms with van der Waals surface area (Å²) in [5.41, 5.74) is 1.39. The van der Waals surface area contributed by atoms with Crippen LogP contribution >= 0.6 is 34.8 Å². The van der Waals surface area contributed by atoms with Crippen molar-refractivity contribution < 1.29 is 18.0 Å². The van der Waals surface area contributed by atoms with Crippen LogP contribution in [0.5, 0.6) is 0 Å². The van der Waals surface area contributed by atoms with Crippen molar-refractivity contribution in [1.82, 2.24) is 10.2 Å². The summed E-state index contributed by atoms with van der Waals surface area (Å²) in [5.74, 6) is -0.667. The van der Waals surface area contributed by atoms with Crippen molar-refractivity contribution in [3.05, 3.63) is 62.6 Å². The first-order chi connectivity index (χ1) is 16.8. The van der Waals surface area contributed by atoms with Gasteiger partial charge in [0, 0.05) is 28.2 Å². The molecule has 0 unspecified atom stereocenters. The van der Waals surface area contributed by atoms with Gasteiger partial charge in [-0.15, -0.1) is 0 Å². The number of nitrogens with zero attached hydrogens (tertiary/aromatic N) is 2. The molecule has 2 aromatic rings. The monoisotopic (exact) mass is 575 g/mol. The van der Waals surface area contributed by atoms with Gasteiger partial charge in [-0.3, -0.25) is 13.9 Å². The molecular formula is C25H32Cl3N3O4S. The van der Waals surface area contributed by atoms with Gasteiger partial charge in [-0.25, -0.2) is 8.42 Å². The number of nitrogens with one attached hydrogen (secondary N) is 1. The third-order valence-corrected chi connectivity index (χ3v) is 7.74. The highest BCUT2D eigenvalue weighted by atomic mass is 35.5. The molecule has 11 heteroatoms. The Morgan fingerprint density at radius 3 is 2.28 bits per heavy atom. The molecule has 0 spiro atoms. The normalized spacial score (nSPS) is 12.4. The lowest BCUT2D eigenvalue weighted by Gasteiger charge is -2.33. The molecule has 0 radical (unpaired) electrons. The molecule has 1 atom stereocenters. The zero-order valence-corrected chi connectivity index (χ0v) is 24.1. The molecule has 0 fully saturated rings. The second kappa shape index (κ2) is 13.0. The zero-order valence-electron chi connectivity index (χ0n) is 21.0. The van der Waals surface area contributed by atoms with Crippen LogP contribution in [-0.4, -0.2) is 50.5 Å². The number of sulfonamides is 1. The van der Waals surface area contributed by atoms with E-state index in [0.29, 0.717) is 44.8 Å². The van der Waals surface area contributed by atoms with Crippen molar-refractivity contribution in [2.24, 2.45) is 5.92 Å². The van der Waals surface area contributed by atoms with E-state index in [-0.39, 0.29) is 18.4 Å². The summed E-state index contributed by atoms with van der Waals surface area (Å²) in [4.78, 5) is 28.2. The summed E-state index contributed by atoms with van der Waals surface area (Å²) in [6.07, 6.45) is 1.34. The van der Waals surface area contributed by atoms with Crippen LogP contribution < -0.4 is 9.62 Å². The fraction of sp³-hybridized carbons (Fsp3) is 0.440. The van der Waals surface area contributed by atoms with E-state index in [1.807, 2.05) is 13.8 Å². The molecule has 0 bridgehead atoms. The highest BCUT2D eigenvalue weighted by molar-refractivity contribution is 7.92. The first-order valence-electron chi connectivity index (χ1n) is 11.5. The largest absolute Gasteiger partial charge is 0.354 e. The van der Waals surface area contributed by atoms with Gasteiger partial charge < -0.3 is 10.2 Å². The van der Waals surface area contributed by atoms with Crippen LogP contribution in [0.1, 0.15) is 38.3 Å². The van der Waals surface area contributed by atoms with Gasteiger partial charge in [0.25, 0.3) is 0 Å². The van der Waals surface area contributed by atoms with Crippen LogP contribution in [0.25, 0.3) is 0 Å². The second-order valence-electron chi connectivity index (χ2n) is 8.97. The SMILES string of the molecule is CC[C@@H](C(=O)NCC(C)C)N(Cc1ccc(Cl)cc1Cl)C(=O)CN(c1cccc(Cl)c1C)S(C)(=O)=O. The smallest absolute Gasteiger partial charge is 0.244 e. The van der Waals surface area contributed by atoms with Gasteiger partial charge in [0.15, 0.2) is 0 Å². The molecule has 198 valence electrons. The Morgan fingerprint density at radius 2 is 1.72 bits per heavy atom. The maximum absolute atomic E-state index is 13.7. The van der Waals surface area contributed by atoms with Crippen molar-refractivity contribution in [2.45, 2.75) is 46.7 Å². The van der Waals surface area contributed by atoms with Gasteiger partial charge in [0.1, 0.15) is 12.6 Å². The zero-order chi connectivity index (χ0) is 27.2. The van der Waals surface area contributed by atoms with Gasteiger partial charge >= 0.3 is 0 Å². The molecule has 0 saturated heterocycles. The third kappa shape index (κ3) is 8.00. The van der Waals surface area contributed by atoms with Crippen molar-refractivity contribution >= 4 is 62.3 Å². The average molecular weight is 577 g/mol. The number of carbonyl (C=O) groups is 2. The fourth-order valence-electron chi connectivity index (χ4n) is 3.64. The van der Waals surface area contributed by atoms with E-state index < -0.39 is 28.5 Å². The number of hydrogen-bond acceptors (Lipinski definition) is 4. The molecule has 0 aromatic heterocycles. The van der Waals surface area contributed by atoms with Crippen LogP contribution in [0.3, 0.4) is 0 Å². The molecule has 2 rings (SSSR count). The molecule has 0 aliphatic rings. The minimum Gasteiger partial charge on any atom is -0.354 e. The van der Waals surface area contributed by atoms with E-state index in [0.717, 1.165) is 10.6 Å². The van der Waals surface area contributed by atoms with Crippen molar-refractivity contribution in [3.8, 4) is 0 Å². The quantitative estimate of drug-likeness (QED) is 0.393. The highest BCUT2D eigenvalue weighted by Crippen LogP contribution is 2.29. The number of halogens is 3. The first kappa shape index (κ1) is 30.2. The van der Waals surface area contributed by atoms with Gasteiger partial charge in [-0.05, 0) is 54.7 Å². The predicted octanol–water partition coefficient (Wildman–Crippen LogP) is 5.30. The summed E-state index contributed by atoms with van der Waals surface area (Å²) in [7, 11) is -3.86. The number of amides is 2. The predicted molar refractivity (Wildman–Crippen MR) is 147 cm³/mol. The van der Waals surface area contributed by atoms with Crippen LogP contribution in [0, 0.1) is 12.8 Å². The molecule has 7 nitrogen and oxygen atoms in total. The van der Waals surface area contributed by atoms with Crippen molar-refractivity contribution in [1.29, 1.82) is 0 Å². The molecule has 2 aromatic carbocycles. The maximum atomic E-state index is 13.7. The standard InChI is InChI=1S/C25H32Cl3N3O4S/c1-6-22(25(33)29-13-16(2)3)30(14-18-10-11-19(26)12-21(18)28)24(32)15-31(36(5,34)35)23-9-7-8-20(27)17(23)4/h7-12,16,22H,6,13-15H2,1-5H3,(H,29,33)/t22-/m0/s1. The van der Waals surface area contributed by atoms with E-state index in [1.165, 1.54) is 4.90 Å². The average Bonchev–Trinajstić information content (AvgIpc) is 2.78. The van der Waals surface area contributed by atoms with Gasteiger partial charge in [-0.1, -0.05) is 67.7 Å². The highest BCUT2D eigenvalue weighted by Gasteiger charge is 2.32. The summed E-state index contributed by atoms with van der Waals surface area (Å²) < 4.78 is 26.5. The lowest BCUT2D eigenvalue weighted by Crippen LogP contribution is -2.52. The summed E-state index contributed by atoms with van der Waals surface area (Å²) in [6.45, 7) is 7.33. The first-order valence-corrected chi connectivity index (χ1v) is 14.5. The molecule has 0 saturated carbocycles. The topological polar surface area (TPSA) is 86.8 Å². The second-order valence-corrected chi connectivity index (χ2v) is 12.1. The minimum absolute atomic E-state index is 0.00539. The Balaban J connectivity index is 2.50. The summed E-state index contributed by atoms with van der Waals surface area (Å²) in [5, 5.41) is 4.02. The van der Waals surface area contributed by atoms with Crippen LogP contribution in [-0.2, 0) is 26.2 Å². The molecular weight excluding hydrogens is 545 g/mol. The molecule has 2 amide bonds. The van der Waals surface area contributed by atoms with E-state index in [4.69, 9.17) is 34.8 Å². The Kier molecular flexibility index (Phi) is 10.9. The molecule has 0 heterocycles. The number of anilines is 1. The van der Waals surface area contributed by atoms with E-state index in [1.54, 1.807) is 50.2 Å². The Bertz CT molecular complexity index is 1210. The van der Waals surface area contributed by atoms with E-state index in [2.05, 4.69) is 5.32 Å². The Hall–Kier alpha value is -2.00. The summed E-state index contributed by atoms with van der Waals surface area (Å²) in [6, 6.07) is 8.88. The van der Waals surface area contributed by atoms with Crippen LogP contribution in [0.15, 0.2) is 36.4 Å². The molecule has 0 aliphatic carbocycles. The van der Waals surface area contributed by atoms with Crippen LogP contribution in [0.2, 0.25) is 15.1 Å². The Labute approximate surface area is 228 Å². The van der Waals surface area contributed by atoms with Gasteiger partial charge in [0.2, 0.25) is 21.8 Å². The van der Waals surface area contributed by atoms with E-state index in [9.17, 15) is 18.0 Å². The number of rotatable bonds is 11. The van der Waals surface area contributed by atoms with Crippen LogP contribution in [0.4, 0.5) is 5.69 Å². The third-order valence-electron chi connectivity index (χ3n) is 5.61. The van der Waals surface area contributed by atoms with Gasteiger partial charge in [0.05, 0.1) is 11.9 Å². The molecule has 1 N–H and O–H groups in total. The lowest BCUT2D eigenvalue weighted by molar-refractivity contribution is -0.140. The van der Waals surface area contributed by atoms with Crippen molar-refractivity contribution in [2.75, 3.05) is 23.7 Å². The lowest BCUT2D eigenvalue weighted by atomic mass is 10.1. The number of hydrogen-bond donors (Lipinski definition) is 1. The molecule has 36 heavy (non-hydrogen) atoms. The number of carbonyl (C=O) groups excluding carboxylic acids is 2. The number of benzene rings is 2. The maximum Gasteiger partial charge on any atom is 0.244 e. The van der Waals surface area contributed by atoms with Crippen molar-refractivity contribution in [3.63, 3.8) is 0 Å². The minimum atomic E-state index is -3.86.